The smallest absolute Gasteiger partial charge is 0.328 e. The Morgan fingerprint density at radius 1 is 1.38 bits per heavy atom. The lowest BCUT2D eigenvalue weighted by atomic mass is 10.0. The van der Waals surface area contributed by atoms with Crippen LogP contribution in [-0.2, 0) is 9.53 Å². The van der Waals surface area contributed by atoms with E-state index in [9.17, 15) is 9.59 Å². The normalized spacial score (nSPS) is 18.1. The number of nitrogens with zero attached hydrogens (tertiary/aromatic N) is 1. The highest BCUT2D eigenvalue weighted by Crippen LogP contribution is 2.17. The lowest BCUT2D eigenvalue weighted by Crippen LogP contribution is -2.37. The Hall–Kier alpha value is -2.14. The van der Waals surface area contributed by atoms with Crippen molar-refractivity contribution in [2.24, 2.45) is 0 Å². The van der Waals surface area contributed by atoms with Crippen molar-refractivity contribution >= 4 is 18.0 Å². The number of hydrogen-bond donors (Lipinski definition) is 1. The number of amides is 1. The minimum Gasteiger partial charge on any atom is -0.478 e. The molecule has 2 rings (SSSR count). The second-order valence-corrected chi connectivity index (χ2v) is 5.24. The third-order valence-electron chi connectivity index (χ3n) is 3.54. The summed E-state index contributed by atoms with van der Waals surface area (Å²) in [6.45, 7) is 3.14. The molecule has 21 heavy (non-hydrogen) atoms. The van der Waals surface area contributed by atoms with E-state index in [2.05, 4.69) is 0 Å². The lowest BCUT2D eigenvalue weighted by molar-refractivity contribution is -0.131. The van der Waals surface area contributed by atoms with Gasteiger partial charge in [-0.15, -0.1) is 0 Å². The predicted octanol–water partition coefficient (Wildman–Crippen LogP) is 1.95. The molecule has 0 radical (unpaired) electrons. The van der Waals surface area contributed by atoms with Crippen LogP contribution >= 0.6 is 0 Å². The van der Waals surface area contributed by atoms with Gasteiger partial charge in [0.1, 0.15) is 0 Å². The van der Waals surface area contributed by atoms with Crippen molar-refractivity contribution in [3.8, 4) is 0 Å². The first-order valence-corrected chi connectivity index (χ1v) is 6.85. The number of aliphatic carboxylic acids is 1. The third-order valence-corrected chi connectivity index (χ3v) is 3.54. The molecule has 0 aliphatic carbocycles. The summed E-state index contributed by atoms with van der Waals surface area (Å²) in [5, 5.41) is 8.68. The summed E-state index contributed by atoms with van der Waals surface area (Å²) in [4.78, 5) is 24.8. The zero-order chi connectivity index (χ0) is 15.4. The van der Waals surface area contributed by atoms with Gasteiger partial charge in [0, 0.05) is 25.3 Å². The molecule has 1 aliphatic rings. The van der Waals surface area contributed by atoms with Gasteiger partial charge in [0.05, 0.1) is 12.6 Å². The number of aryl methyl sites for hydroxylation is 1. The first kappa shape index (κ1) is 15.3. The summed E-state index contributed by atoms with van der Waals surface area (Å²) in [5.74, 6) is -1.08. The minimum absolute atomic E-state index is 0.0702. The number of carbonyl (C=O) groups is 2. The number of ether oxygens (including phenoxy) is 1. The standard InChI is InChI=1S/C16H19NO4/c1-11-7-12(3-4-15(18)19)9-13(8-11)16(20)17(2)14-5-6-21-10-14/h3-4,7-9,14H,5-6,10H2,1-2H3,(H,18,19)/b4-3+. The van der Waals surface area contributed by atoms with Gasteiger partial charge in [-0.25, -0.2) is 4.79 Å². The molecule has 1 aliphatic heterocycles. The molecule has 1 aromatic rings. The molecule has 1 aromatic carbocycles. The molecule has 0 spiro atoms. The van der Waals surface area contributed by atoms with Gasteiger partial charge in [-0.3, -0.25) is 4.79 Å². The average molecular weight is 289 g/mol. The fraction of sp³-hybridized carbons (Fsp3) is 0.375. The lowest BCUT2D eigenvalue weighted by Gasteiger charge is -2.23. The number of carboxylic acids is 1. The molecular formula is C16H19NO4. The van der Waals surface area contributed by atoms with Crippen molar-refractivity contribution in [2.45, 2.75) is 19.4 Å². The van der Waals surface area contributed by atoms with E-state index in [0.29, 0.717) is 24.3 Å². The van der Waals surface area contributed by atoms with Gasteiger partial charge in [0.2, 0.25) is 0 Å². The van der Waals surface area contributed by atoms with Crippen LogP contribution in [0.2, 0.25) is 0 Å². The van der Waals surface area contributed by atoms with E-state index >= 15 is 0 Å². The maximum Gasteiger partial charge on any atom is 0.328 e. The van der Waals surface area contributed by atoms with Crippen LogP contribution in [0.4, 0.5) is 0 Å². The summed E-state index contributed by atoms with van der Waals surface area (Å²) in [6, 6.07) is 5.47. The van der Waals surface area contributed by atoms with E-state index in [4.69, 9.17) is 9.84 Å². The van der Waals surface area contributed by atoms with Crippen LogP contribution in [0.5, 0.6) is 0 Å². The van der Waals surface area contributed by atoms with E-state index in [1.54, 1.807) is 18.0 Å². The van der Waals surface area contributed by atoms with Gasteiger partial charge < -0.3 is 14.7 Å². The Kier molecular flexibility index (Phi) is 4.75. The summed E-state index contributed by atoms with van der Waals surface area (Å²) in [5.41, 5.74) is 2.19. The first-order chi connectivity index (χ1) is 9.97. The number of carbonyl (C=O) groups excluding carboxylic acids is 1. The summed E-state index contributed by atoms with van der Waals surface area (Å²) in [6.07, 6.45) is 3.40. The topological polar surface area (TPSA) is 66.8 Å². The molecule has 0 aromatic heterocycles. The molecule has 1 saturated heterocycles. The SMILES string of the molecule is Cc1cc(/C=C/C(=O)O)cc(C(=O)N(C)C2CCOC2)c1. The Morgan fingerprint density at radius 2 is 2.14 bits per heavy atom. The van der Waals surface area contributed by atoms with E-state index in [1.165, 1.54) is 6.08 Å². The summed E-state index contributed by atoms with van der Waals surface area (Å²) >= 11 is 0. The van der Waals surface area contributed by atoms with Crippen LogP contribution in [-0.4, -0.2) is 48.2 Å². The molecule has 0 bridgehead atoms. The second-order valence-electron chi connectivity index (χ2n) is 5.24. The Bertz CT molecular complexity index is 574. The largest absolute Gasteiger partial charge is 0.478 e. The Morgan fingerprint density at radius 3 is 2.76 bits per heavy atom. The van der Waals surface area contributed by atoms with Gasteiger partial charge in [-0.2, -0.15) is 0 Å². The van der Waals surface area contributed by atoms with E-state index in [0.717, 1.165) is 18.1 Å². The molecule has 1 atom stereocenters. The fourth-order valence-corrected chi connectivity index (χ4v) is 2.40. The van der Waals surface area contributed by atoms with Crippen molar-refractivity contribution in [1.29, 1.82) is 0 Å². The number of likely N-dealkylation sites (N-methyl/N-ethyl adjacent to an activating group) is 1. The van der Waals surface area contributed by atoms with E-state index in [1.807, 2.05) is 19.1 Å². The number of hydrogen-bond acceptors (Lipinski definition) is 3. The van der Waals surface area contributed by atoms with Crippen molar-refractivity contribution in [2.75, 3.05) is 20.3 Å². The zero-order valence-corrected chi connectivity index (χ0v) is 12.2. The third kappa shape index (κ3) is 3.92. The molecule has 1 N–H and O–H groups in total. The number of rotatable bonds is 4. The van der Waals surface area contributed by atoms with Gasteiger partial charge in [0.25, 0.3) is 5.91 Å². The number of benzene rings is 1. The molecule has 1 fully saturated rings. The van der Waals surface area contributed by atoms with Crippen LogP contribution in [0.1, 0.15) is 27.9 Å². The maximum atomic E-state index is 12.5. The predicted molar refractivity (Wildman–Crippen MR) is 79.2 cm³/mol. The highest BCUT2D eigenvalue weighted by molar-refractivity contribution is 5.95. The molecule has 112 valence electrons. The van der Waals surface area contributed by atoms with Crippen LogP contribution in [0.25, 0.3) is 6.08 Å². The highest BCUT2D eigenvalue weighted by atomic mass is 16.5. The van der Waals surface area contributed by atoms with Gasteiger partial charge in [-0.05, 0) is 42.7 Å². The fourth-order valence-electron chi connectivity index (χ4n) is 2.40. The summed E-state index contributed by atoms with van der Waals surface area (Å²) in [7, 11) is 1.77. The number of carboxylic acid groups (broad SMARTS) is 1. The molecule has 5 heteroatoms. The Balaban J connectivity index is 2.22. The van der Waals surface area contributed by atoms with Crippen molar-refractivity contribution in [1.82, 2.24) is 4.90 Å². The van der Waals surface area contributed by atoms with E-state index < -0.39 is 5.97 Å². The molecule has 1 amide bonds. The van der Waals surface area contributed by atoms with Gasteiger partial charge in [-0.1, -0.05) is 6.07 Å². The molecular weight excluding hydrogens is 270 g/mol. The average Bonchev–Trinajstić information content (AvgIpc) is 2.97. The van der Waals surface area contributed by atoms with Crippen LogP contribution in [0.15, 0.2) is 24.3 Å². The maximum absolute atomic E-state index is 12.5. The monoisotopic (exact) mass is 289 g/mol. The quantitative estimate of drug-likeness (QED) is 0.860. The molecule has 5 nitrogen and oxygen atoms in total. The van der Waals surface area contributed by atoms with Crippen LogP contribution in [0, 0.1) is 6.92 Å². The van der Waals surface area contributed by atoms with Crippen molar-refractivity contribution in [3.63, 3.8) is 0 Å². The Labute approximate surface area is 123 Å². The highest BCUT2D eigenvalue weighted by Gasteiger charge is 2.25. The van der Waals surface area contributed by atoms with Gasteiger partial charge in [0.15, 0.2) is 0 Å². The molecule has 1 unspecified atom stereocenters. The van der Waals surface area contributed by atoms with Gasteiger partial charge >= 0.3 is 5.97 Å². The summed E-state index contributed by atoms with van der Waals surface area (Å²) < 4.78 is 5.31. The first-order valence-electron chi connectivity index (χ1n) is 6.85. The van der Waals surface area contributed by atoms with Crippen molar-refractivity contribution in [3.05, 3.63) is 41.0 Å². The molecule has 1 heterocycles. The second kappa shape index (κ2) is 6.54. The minimum atomic E-state index is -1.01. The van der Waals surface area contributed by atoms with Crippen LogP contribution in [0.3, 0.4) is 0 Å². The van der Waals surface area contributed by atoms with Crippen LogP contribution < -0.4 is 0 Å². The molecule has 0 saturated carbocycles. The van der Waals surface area contributed by atoms with E-state index in [-0.39, 0.29) is 11.9 Å². The zero-order valence-electron chi connectivity index (χ0n) is 12.2. The van der Waals surface area contributed by atoms with Crippen molar-refractivity contribution < 1.29 is 19.4 Å².